The highest BCUT2D eigenvalue weighted by molar-refractivity contribution is 7.99. The molecule has 1 aliphatic heterocycles. The molecular weight excluding hydrogens is 288 g/mol. The van der Waals surface area contributed by atoms with Gasteiger partial charge in [-0.25, -0.2) is 4.79 Å². The van der Waals surface area contributed by atoms with Gasteiger partial charge in [-0.05, 0) is 50.7 Å². The number of amides is 2. The Morgan fingerprint density at radius 1 is 1.24 bits per heavy atom. The van der Waals surface area contributed by atoms with E-state index in [1.54, 1.807) is 4.90 Å². The van der Waals surface area contributed by atoms with E-state index in [1.807, 2.05) is 11.8 Å². The lowest BCUT2D eigenvalue weighted by Crippen LogP contribution is -2.49. The summed E-state index contributed by atoms with van der Waals surface area (Å²) >= 11 is 1.92. The number of carboxylic acids is 1. The summed E-state index contributed by atoms with van der Waals surface area (Å²) < 4.78 is 0. The van der Waals surface area contributed by atoms with E-state index in [0.717, 1.165) is 37.5 Å². The van der Waals surface area contributed by atoms with Crippen LogP contribution in [0.1, 0.15) is 44.9 Å². The fraction of sp³-hybridized carbons (Fsp3) is 0.867. The maximum atomic E-state index is 12.3. The lowest BCUT2D eigenvalue weighted by Gasteiger charge is -2.35. The number of aliphatic carboxylic acids is 1. The zero-order chi connectivity index (χ0) is 15.2. The van der Waals surface area contributed by atoms with E-state index >= 15 is 0 Å². The largest absolute Gasteiger partial charge is 0.481 e. The second kappa shape index (κ2) is 7.92. The maximum Gasteiger partial charge on any atom is 0.317 e. The number of carboxylic acid groups (broad SMARTS) is 1. The molecule has 2 amide bonds. The molecule has 0 aromatic heterocycles. The van der Waals surface area contributed by atoms with Gasteiger partial charge in [0.1, 0.15) is 0 Å². The van der Waals surface area contributed by atoms with Crippen molar-refractivity contribution in [2.75, 3.05) is 19.3 Å². The molecule has 1 saturated heterocycles. The molecule has 6 heteroatoms. The first-order valence-corrected chi connectivity index (χ1v) is 9.17. The van der Waals surface area contributed by atoms with E-state index in [0.29, 0.717) is 12.6 Å². The van der Waals surface area contributed by atoms with Crippen molar-refractivity contribution in [1.29, 1.82) is 0 Å². The van der Waals surface area contributed by atoms with Crippen LogP contribution in [0, 0.1) is 5.92 Å². The van der Waals surface area contributed by atoms with Gasteiger partial charge in [-0.1, -0.05) is 0 Å². The van der Waals surface area contributed by atoms with E-state index in [4.69, 9.17) is 5.11 Å². The summed E-state index contributed by atoms with van der Waals surface area (Å²) in [6.07, 6.45) is 8.61. The molecule has 2 aliphatic rings. The van der Waals surface area contributed by atoms with Crippen molar-refractivity contribution in [1.82, 2.24) is 10.2 Å². The third kappa shape index (κ3) is 5.09. The molecule has 0 aromatic rings. The first kappa shape index (κ1) is 16.5. The number of piperidine rings is 1. The highest BCUT2D eigenvalue weighted by Gasteiger charge is 2.28. The molecule has 2 rings (SSSR count). The van der Waals surface area contributed by atoms with Crippen LogP contribution in [-0.2, 0) is 4.79 Å². The normalized spacial score (nSPS) is 30.0. The van der Waals surface area contributed by atoms with Gasteiger partial charge < -0.3 is 15.3 Å². The molecule has 2 N–H and O–H groups in total. The molecular formula is C15H26N2O3S. The SMILES string of the molecule is CSC1CCC(NC(=O)N2CCCC(CC(=O)O)C2)CC1. The summed E-state index contributed by atoms with van der Waals surface area (Å²) in [5.74, 6) is -0.660. The number of hydrogen-bond donors (Lipinski definition) is 2. The first-order chi connectivity index (χ1) is 10.1. The molecule has 1 unspecified atom stereocenters. The third-order valence-corrected chi connectivity index (χ3v) is 5.74. The van der Waals surface area contributed by atoms with Crippen LogP contribution in [0.15, 0.2) is 0 Å². The minimum Gasteiger partial charge on any atom is -0.481 e. The first-order valence-electron chi connectivity index (χ1n) is 7.88. The van der Waals surface area contributed by atoms with Crippen LogP contribution in [-0.4, -0.2) is 52.6 Å². The zero-order valence-electron chi connectivity index (χ0n) is 12.7. The van der Waals surface area contributed by atoms with Gasteiger partial charge in [0, 0.05) is 30.8 Å². The summed E-state index contributed by atoms with van der Waals surface area (Å²) in [4.78, 5) is 24.9. The van der Waals surface area contributed by atoms with E-state index in [-0.39, 0.29) is 18.4 Å². The molecule has 0 spiro atoms. The number of rotatable bonds is 4. The Morgan fingerprint density at radius 3 is 2.57 bits per heavy atom. The van der Waals surface area contributed by atoms with Crippen molar-refractivity contribution in [2.45, 2.75) is 56.2 Å². The fourth-order valence-corrected chi connectivity index (χ4v) is 4.12. The van der Waals surface area contributed by atoms with Crippen LogP contribution in [0.25, 0.3) is 0 Å². The van der Waals surface area contributed by atoms with Crippen LogP contribution in [0.3, 0.4) is 0 Å². The molecule has 120 valence electrons. The van der Waals surface area contributed by atoms with Crippen molar-refractivity contribution in [3.05, 3.63) is 0 Å². The number of carbonyl (C=O) groups is 2. The highest BCUT2D eigenvalue weighted by Crippen LogP contribution is 2.27. The number of nitrogens with one attached hydrogen (secondary N) is 1. The Kier molecular flexibility index (Phi) is 6.21. The van der Waals surface area contributed by atoms with Gasteiger partial charge in [0.05, 0.1) is 0 Å². The summed E-state index contributed by atoms with van der Waals surface area (Å²) in [5, 5.41) is 12.8. The molecule has 0 bridgehead atoms. The van der Waals surface area contributed by atoms with Crippen LogP contribution in [0.5, 0.6) is 0 Å². The summed E-state index contributed by atoms with van der Waals surface area (Å²) in [7, 11) is 0. The van der Waals surface area contributed by atoms with Gasteiger partial charge in [0.25, 0.3) is 0 Å². The predicted octanol–water partition coefficient (Wildman–Crippen LogP) is 2.56. The van der Waals surface area contributed by atoms with Gasteiger partial charge in [0.15, 0.2) is 0 Å². The number of likely N-dealkylation sites (tertiary alicyclic amines) is 1. The summed E-state index contributed by atoms with van der Waals surface area (Å²) in [6, 6.07) is 0.290. The van der Waals surface area contributed by atoms with Gasteiger partial charge in [0.2, 0.25) is 0 Å². The summed E-state index contributed by atoms with van der Waals surface area (Å²) in [6.45, 7) is 1.33. The minimum atomic E-state index is -0.766. The fourth-order valence-electron chi connectivity index (χ4n) is 3.37. The molecule has 1 aliphatic carbocycles. The van der Waals surface area contributed by atoms with Crippen LogP contribution in [0.4, 0.5) is 4.79 Å². The second-order valence-electron chi connectivity index (χ2n) is 6.21. The van der Waals surface area contributed by atoms with Crippen molar-refractivity contribution in [3.63, 3.8) is 0 Å². The van der Waals surface area contributed by atoms with E-state index in [9.17, 15) is 9.59 Å². The molecule has 1 heterocycles. The van der Waals surface area contributed by atoms with Crippen LogP contribution < -0.4 is 5.32 Å². The molecule has 1 atom stereocenters. The third-order valence-electron chi connectivity index (χ3n) is 4.60. The summed E-state index contributed by atoms with van der Waals surface area (Å²) in [5.41, 5.74) is 0. The second-order valence-corrected chi connectivity index (χ2v) is 7.35. The average molecular weight is 314 g/mol. The Morgan fingerprint density at radius 2 is 1.95 bits per heavy atom. The molecule has 21 heavy (non-hydrogen) atoms. The topological polar surface area (TPSA) is 69.6 Å². The van der Waals surface area contributed by atoms with Gasteiger partial charge in [-0.2, -0.15) is 11.8 Å². The molecule has 5 nitrogen and oxygen atoms in total. The van der Waals surface area contributed by atoms with E-state index in [1.165, 1.54) is 12.8 Å². The monoisotopic (exact) mass is 314 g/mol. The van der Waals surface area contributed by atoms with Crippen molar-refractivity contribution in [2.24, 2.45) is 5.92 Å². The number of carbonyl (C=O) groups excluding carboxylic acids is 1. The lowest BCUT2D eigenvalue weighted by atomic mass is 9.94. The molecule has 0 radical (unpaired) electrons. The maximum absolute atomic E-state index is 12.3. The number of urea groups is 1. The standard InChI is InChI=1S/C15H26N2O3S/c1-21-13-6-4-12(5-7-13)16-15(20)17-8-2-3-11(10-17)9-14(18)19/h11-13H,2-10H2,1H3,(H,16,20)(H,18,19). The Hall–Kier alpha value is -0.910. The van der Waals surface area contributed by atoms with Crippen LogP contribution >= 0.6 is 11.8 Å². The van der Waals surface area contributed by atoms with E-state index in [2.05, 4.69) is 11.6 Å². The number of thioether (sulfide) groups is 1. The Balaban J connectivity index is 1.76. The van der Waals surface area contributed by atoms with Crippen molar-refractivity contribution < 1.29 is 14.7 Å². The average Bonchev–Trinajstić information content (AvgIpc) is 2.47. The van der Waals surface area contributed by atoms with Gasteiger partial charge in [-0.3, -0.25) is 4.79 Å². The quantitative estimate of drug-likeness (QED) is 0.837. The number of hydrogen-bond acceptors (Lipinski definition) is 3. The predicted molar refractivity (Wildman–Crippen MR) is 84.6 cm³/mol. The van der Waals surface area contributed by atoms with Crippen molar-refractivity contribution >= 4 is 23.8 Å². The molecule has 0 aromatic carbocycles. The lowest BCUT2D eigenvalue weighted by molar-refractivity contribution is -0.138. The van der Waals surface area contributed by atoms with Crippen LogP contribution in [0.2, 0.25) is 0 Å². The smallest absolute Gasteiger partial charge is 0.317 e. The highest BCUT2D eigenvalue weighted by atomic mass is 32.2. The van der Waals surface area contributed by atoms with Crippen molar-refractivity contribution in [3.8, 4) is 0 Å². The van der Waals surface area contributed by atoms with E-state index < -0.39 is 5.97 Å². The Bertz CT molecular complexity index is 370. The molecule has 2 fully saturated rings. The molecule has 1 saturated carbocycles. The van der Waals surface area contributed by atoms with Gasteiger partial charge in [-0.15, -0.1) is 0 Å². The number of nitrogens with zero attached hydrogens (tertiary/aromatic N) is 1. The van der Waals surface area contributed by atoms with Gasteiger partial charge >= 0.3 is 12.0 Å². The zero-order valence-corrected chi connectivity index (χ0v) is 13.5. The minimum absolute atomic E-state index is 0.00214. The Labute approximate surface area is 130 Å².